The van der Waals surface area contributed by atoms with Gasteiger partial charge in [-0.05, 0) is 46.7 Å². The Balaban J connectivity index is 2.21. The molecule has 1 aromatic carbocycles. The lowest BCUT2D eigenvalue weighted by atomic mass is 10.2. The van der Waals surface area contributed by atoms with Crippen molar-refractivity contribution in [2.45, 2.75) is 18.0 Å². The van der Waals surface area contributed by atoms with E-state index in [9.17, 15) is 8.42 Å². The molecule has 0 saturated carbocycles. The van der Waals surface area contributed by atoms with E-state index in [1.165, 1.54) is 12.5 Å². The number of hydrogen-bond donors (Lipinski definition) is 2. The Morgan fingerprint density at radius 3 is 2.65 bits per heavy atom. The minimum Gasteiger partial charge on any atom is -0.472 e. The number of hydrogen-bond acceptors (Lipinski definition) is 4. The van der Waals surface area contributed by atoms with Gasteiger partial charge in [0.2, 0.25) is 10.0 Å². The van der Waals surface area contributed by atoms with Crippen molar-refractivity contribution in [2.24, 2.45) is 0 Å². The molecule has 1 heterocycles. The van der Waals surface area contributed by atoms with Gasteiger partial charge in [0.1, 0.15) is 0 Å². The molecular weight excluding hydrogens is 344 g/mol. The molecule has 2 N–H and O–H groups in total. The average molecular weight is 359 g/mol. The largest absolute Gasteiger partial charge is 0.472 e. The van der Waals surface area contributed by atoms with E-state index in [2.05, 4.69) is 26.0 Å². The summed E-state index contributed by atoms with van der Waals surface area (Å²) in [6.45, 7) is 0.805. The SMILES string of the molecule is CNCc1ccc(Br)c(S(=O)(=O)NCc2ccoc2)c1. The van der Waals surface area contributed by atoms with Gasteiger partial charge < -0.3 is 9.73 Å². The molecule has 2 aromatic rings. The van der Waals surface area contributed by atoms with Crippen molar-refractivity contribution in [2.75, 3.05) is 7.05 Å². The van der Waals surface area contributed by atoms with Crippen LogP contribution in [0.3, 0.4) is 0 Å². The monoisotopic (exact) mass is 358 g/mol. The zero-order valence-electron chi connectivity index (χ0n) is 10.9. The number of benzene rings is 1. The van der Waals surface area contributed by atoms with Crippen molar-refractivity contribution in [3.63, 3.8) is 0 Å². The third-order valence-corrected chi connectivity index (χ3v) is 5.11. The Labute approximate surface area is 126 Å². The number of nitrogens with one attached hydrogen (secondary N) is 2. The van der Waals surface area contributed by atoms with Crippen LogP contribution in [0.15, 0.2) is 50.6 Å². The van der Waals surface area contributed by atoms with Crippen LogP contribution in [-0.4, -0.2) is 15.5 Å². The third-order valence-electron chi connectivity index (χ3n) is 2.71. The summed E-state index contributed by atoms with van der Waals surface area (Å²) in [6.07, 6.45) is 3.02. The minimum atomic E-state index is -3.57. The van der Waals surface area contributed by atoms with Gasteiger partial charge in [-0.3, -0.25) is 0 Å². The predicted molar refractivity (Wildman–Crippen MR) is 79.6 cm³/mol. The summed E-state index contributed by atoms with van der Waals surface area (Å²) in [5, 5.41) is 2.99. The van der Waals surface area contributed by atoms with E-state index in [1.54, 1.807) is 18.2 Å². The fourth-order valence-electron chi connectivity index (χ4n) is 1.72. The molecule has 5 nitrogen and oxygen atoms in total. The van der Waals surface area contributed by atoms with Crippen LogP contribution in [0.5, 0.6) is 0 Å². The smallest absolute Gasteiger partial charge is 0.242 e. The zero-order valence-corrected chi connectivity index (χ0v) is 13.3. The first kappa shape index (κ1) is 15.2. The highest BCUT2D eigenvalue weighted by atomic mass is 79.9. The maximum atomic E-state index is 12.3. The van der Waals surface area contributed by atoms with Crippen molar-refractivity contribution in [1.82, 2.24) is 10.0 Å². The lowest BCUT2D eigenvalue weighted by Crippen LogP contribution is -2.23. The molecule has 7 heteroatoms. The molecule has 0 aliphatic carbocycles. The third kappa shape index (κ3) is 3.69. The van der Waals surface area contributed by atoms with E-state index >= 15 is 0 Å². The van der Waals surface area contributed by atoms with Crippen molar-refractivity contribution in [3.05, 3.63) is 52.4 Å². The van der Waals surface area contributed by atoms with Crippen LogP contribution in [0.1, 0.15) is 11.1 Å². The van der Waals surface area contributed by atoms with Crippen molar-refractivity contribution in [1.29, 1.82) is 0 Å². The van der Waals surface area contributed by atoms with Gasteiger partial charge in [0.25, 0.3) is 0 Å². The van der Waals surface area contributed by atoms with Crippen molar-refractivity contribution < 1.29 is 12.8 Å². The summed E-state index contributed by atoms with van der Waals surface area (Å²) >= 11 is 3.28. The van der Waals surface area contributed by atoms with Crippen LogP contribution < -0.4 is 10.0 Å². The van der Waals surface area contributed by atoms with Gasteiger partial charge in [-0.25, -0.2) is 13.1 Å². The molecule has 0 fully saturated rings. The standard InChI is InChI=1S/C13H15BrN2O3S/c1-15-7-10-2-3-12(14)13(6-10)20(17,18)16-8-11-4-5-19-9-11/h2-6,9,15-16H,7-8H2,1H3. The molecule has 20 heavy (non-hydrogen) atoms. The number of rotatable bonds is 6. The number of halogens is 1. The molecule has 0 atom stereocenters. The Morgan fingerprint density at radius 2 is 2.00 bits per heavy atom. The van der Waals surface area contributed by atoms with E-state index in [0.29, 0.717) is 11.0 Å². The second kappa shape index (κ2) is 6.53. The second-order valence-corrected chi connectivity index (χ2v) is 6.84. The molecule has 0 spiro atoms. The predicted octanol–water partition coefficient (Wildman–Crippen LogP) is 2.24. The molecule has 0 aliphatic heterocycles. The second-order valence-electron chi connectivity index (χ2n) is 4.25. The van der Waals surface area contributed by atoms with Gasteiger partial charge in [0, 0.05) is 23.1 Å². The number of sulfonamides is 1. The topological polar surface area (TPSA) is 71.3 Å². The highest BCUT2D eigenvalue weighted by molar-refractivity contribution is 9.10. The highest BCUT2D eigenvalue weighted by Crippen LogP contribution is 2.23. The van der Waals surface area contributed by atoms with Gasteiger partial charge in [-0.15, -0.1) is 0 Å². The van der Waals surface area contributed by atoms with Crippen LogP contribution in [-0.2, 0) is 23.1 Å². The summed E-state index contributed by atoms with van der Waals surface area (Å²) in [4.78, 5) is 0.230. The van der Waals surface area contributed by atoms with Crippen LogP contribution in [0.2, 0.25) is 0 Å². The summed E-state index contributed by atoms with van der Waals surface area (Å²) in [6, 6.07) is 6.97. The number of furan rings is 1. The van der Waals surface area contributed by atoms with E-state index in [0.717, 1.165) is 11.1 Å². The van der Waals surface area contributed by atoms with Gasteiger partial charge in [-0.2, -0.15) is 0 Å². The van der Waals surface area contributed by atoms with E-state index in [1.807, 2.05) is 13.1 Å². The van der Waals surface area contributed by atoms with E-state index in [4.69, 9.17) is 4.42 Å². The molecular formula is C13H15BrN2O3S. The molecule has 0 radical (unpaired) electrons. The van der Waals surface area contributed by atoms with E-state index in [-0.39, 0.29) is 11.4 Å². The zero-order chi connectivity index (χ0) is 14.6. The first-order valence-corrected chi connectivity index (χ1v) is 8.24. The molecule has 2 rings (SSSR count). The van der Waals surface area contributed by atoms with Crippen LogP contribution in [0.25, 0.3) is 0 Å². The fourth-order valence-corrected chi connectivity index (χ4v) is 3.75. The van der Waals surface area contributed by atoms with Gasteiger partial charge >= 0.3 is 0 Å². The van der Waals surface area contributed by atoms with Crippen LogP contribution in [0, 0.1) is 0 Å². The first-order valence-electron chi connectivity index (χ1n) is 5.96. The van der Waals surface area contributed by atoms with Crippen LogP contribution in [0.4, 0.5) is 0 Å². The average Bonchev–Trinajstić information content (AvgIpc) is 2.92. The summed E-state index contributed by atoms with van der Waals surface area (Å²) in [5.41, 5.74) is 1.68. The summed E-state index contributed by atoms with van der Waals surface area (Å²) < 4.78 is 32.6. The molecule has 1 aromatic heterocycles. The quantitative estimate of drug-likeness (QED) is 0.830. The summed E-state index contributed by atoms with van der Waals surface area (Å²) in [5.74, 6) is 0. The fraction of sp³-hybridized carbons (Fsp3) is 0.231. The highest BCUT2D eigenvalue weighted by Gasteiger charge is 2.18. The molecule has 108 valence electrons. The van der Waals surface area contributed by atoms with Crippen LogP contribution >= 0.6 is 15.9 Å². The molecule has 0 aliphatic rings. The molecule has 0 amide bonds. The lowest BCUT2D eigenvalue weighted by molar-refractivity contribution is 0.561. The maximum Gasteiger partial charge on any atom is 0.242 e. The Bertz CT molecular complexity index is 669. The normalized spacial score (nSPS) is 11.7. The molecule has 0 bridgehead atoms. The van der Waals surface area contributed by atoms with E-state index < -0.39 is 10.0 Å². The molecule has 0 unspecified atom stereocenters. The minimum absolute atomic E-state index is 0.196. The lowest BCUT2D eigenvalue weighted by Gasteiger charge is -2.10. The van der Waals surface area contributed by atoms with Crippen molar-refractivity contribution in [3.8, 4) is 0 Å². The molecule has 0 saturated heterocycles. The summed E-state index contributed by atoms with van der Waals surface area (Å²) in [7, 11) is -1.76. The first-order chi connectivity index (χ1) is 9.53. The Kier molecular flexibility index (Phi) is 4.98. The Hall–Kier alpha value is -1.15. The Morgan fingerprint density at radius 1 is 1.20 bits per heavy atom. The van der Waals surface area contributed by atoms with Gasteiger partial charge in [-0.1, -0.05) is 6.07 Å². The van der Waals surface area contributed by atoms with Gasteiger partial charge in [0.05, 0.1) is 17.4 Å². The van der Waals surface area contributed by atoms with Gasteiger partial charge in [0.15, 0.2) is 0 Å². The maximum absolute atomic E-state index is 12.3. The van der Waals surface area contributed by atoms with Crippen molar-refractivity contribution >= 4 is 26.0 Å².